The van der Waals surface area contributed by atoms with Crippen LogP contribution in [0.4, 0.5) is 0 Å². The molecule has 0 heterocycles. The average Bonchev–Trinajstić information content (AvgIpc) is 2.35. The van der Waals surface area contributed by atoms with Crippen molar-refractivity contribution in [1.82, 2.24) is 0 Å². The number of carbonyl (C=O) groups excluding carboxylic acids is 1. The molecule has 0 saturated carbocycles. The summed E-state index contributed by atoms with van der Waals surface area (Å²) in [5, 5.41) is 0. The summed E-state index contributed by atoms with van der Waals surface area (Å²) in [7, 11) is 0. The van der Waals surface area contributed by atoms with Gasteiger partial charge >= 0.3 is 0 Å². The first-order chi connectivity index (χ1) is 7.66. The first kappa shape index (κ1) is 12.9. The quantitative estimate of drug-likeness (QED) is 0.799. The molecular formula is C14H21NO. The highest BCUT2D eigenvalue weighted by Gasteiger charge is 2.20. The summed E-state index contributed by atoms with van der Waals surface area (Å²) in [6.45, 7) is 4.02. The fourth-order valence-electron chi connectivity index (χ4n) is 1.74. The highest BCUT2D eigenvalue weighted by atomic mass is 16.1. The van der Waals surface area contributed by atoms with Gasteiger partial charge in [-0.2, -0.15) is 0 Å². The molecule has 1 aromatic carbocycles. The van der Waals surface area contributed by atoms with Crippen LogP contribution in [-0.2, 0) is 4.79 Å². The molecule has 0 aliphatic rings. The van der Waals surface area contributed by atoms with E-state index in [1.807, 2.05) is 37.3 Å². The van der Waals surface area contributed by atoms with Crippen LogP contribution >= 0.6 is 0 Å². The maximum absolute atomic E-state index is 11.8. The van der Waals surface area contributed by atoms with Gasteiger partial charge in [0.2, 0.25) is 0 Å². The van der Waals surface area contributed by atoms with Crippen molar-refractivity contribution in [3.05, 3.63) is 35.9 Å². The summed E-state index contributed by atoms with van der Waals surface area (Å²) in [6, 6.07) is 9.66. The Morgan fingerprint density at radius 3 is 2.50 bits per heavy atom. The molecule has 0 radical (unpaired) electrons. The van der Waals surface area contributed by atoms with Crippen molar-refractivity contribution in [2.24, 2.45) is 11.7 Å². The molecule has 0 bridgehead atoms. The van der Waals surface area contributed by atoms with Gasteiger partial charge in [0.15, 0.2) is 0 Å². The Morgan fingerprint density at radius 1 is 1.31 bits per heavy atom. The summed E-state index contributed by atoms with van der Waals surface area (Å²) in [4.78, 5) is 11.8. The largest absolute Gasteiger partial charge is 0.323 e. The zero-order chi connectivity index (χ0) is 12.0. The van der Waals surface area contributed by atoms with Crippen LogP contribution in [0.2, 0.25) is 0 Å². The third-order valence-corrected chi connectivity index (χ3v) is 3.01. The molecule has 0 aliphatic heterocycles. The molecule has 2 atom stereocenters. The van der Waals surface area contributed by atoms with E-state index < -0.39 is 0 Å². The lowest BCUT2D eigenvalue weighted by molar-refractivity contribution is -0.123. The molecule has 0 spiro atoms. The number of ketones is 1. The molecular weight excluding hydrogens is 198 g/mol. The first-order valence-corrected chi connectivity index (χ1v) is 6.00. The average molecular weight is 219 g/mol. The Labute approximate surface area is 97.9 Å². The summed E-state index contributed by atoms with van der Waals surface area (Å²) >= 11 is 0. The second-order valence-electron chi connectivity index (χ2n) is 4.30. The molecule has 1 aromatic rings. The number of hydrogen-bond acceptors (Lipinski definition) is 2. The maximum atomic E-state index is 11.8. The van der Waals surface area contributed by atoms with E-state index in [2.05, 4.69) is 6.92 Å². The zero-order valence-electron chi connectivity index (χ0n) is 10.1. The van der Waals surface area contributed by atoms with Gasteiger partial charge in [0.05, 0.1) is 0 Å². The standard InChI is InChI=1S/C14H21NO/c1-3-4-10-13(16)11(2)14(15)12-8-6-5-7-9-12/h5-9,11,14H,3-4,10,15H2,1-2H3/t11-,14-/m1/s1. The van der Waals surface area contributed by atoms with Crippen molar-refractivity contribution in [2.45, 2.75) is 39.2 Å². The second-order valence-corrected chi connectivity index (χ2v) is 4.30. The van der Waals surface area contributed by atoms with Crippen LogP contribution in [0.5, 0.6) is 0 Å². The fourth-order valence-corrected chi connectivity index (χ4v) is 1.74. The van der Waals surface area contributed by atoms with Crippen LogP contribution in [0.25, 0.3) is 0 Å². The van der Waals surface area contributed by atoms with Crippen molar-refractivity contribution in [3.8, 4) is 0 Å². The number of carbonyl (C=O) groups is 1. The van der Waals surface area contributed by atoms with Crippen molar-refractivity contribution in [2.75, 3.05) is 0 Å². The van der Waals surface area contributed by atoms with Crippen LogP contribution in [0.1, 0.15) is 44.7 Å². The van der Waals surface area contributed by atoms with Crippen molar-refractivity contribution in [1.29, 1.82) is 0 Å². The summed E-state index contributed by atoms with van der Waals surface area (Å²) in [5.74, 6) is 0.187. The Bertz CT molecular complexity index is 321. The van der Waals surface area contributed by atoms with Gasteiger partial charge in [-0.05, 0) is 12.0 Å². The summed E-state index contributed by atoms with van der Waals surface area (Å²) < 4.78 is 0. The van der Waals surface area contributed by atoms with Crippen molar-refractivity contribution in [3.63, 3.8) is 0 Å². The normalized spacial score (nSPS) is 14.4. The van der Waals surface area contributed by atoms with Gasteiger partial charge in [-0.1, -0.05) is 50.6 Å². The van der Waals surface area contributed by atoms with Crippen LogP contribution in [0, 0.1) is 5.92 Å². The van der Waals surface area contributed by atoms with Crippen molar-refractivity contribution < 1.29 is 4.79 Å². The van der Waals surface area contributed by atoms with Gasteiger partial charge in [0.1, 0.15) is 5.78 Å². The van der Waals surface area contributed by atoms with E-state index in [0.29, 0.717) is 6.42 Å². The van der Waals surface area contributed by atoms with Gasteiger partial charge in [0, 0.05) is 18.4 Å². The third kappa shape index (κ3) is 3.46. The third-order valence-electron chi connectivity index (χ3n) is 3.01. The summed E-state index contributed by atoms with van der Waals surface area (Å²) in [6.07, 6.45) is 2.67. The molecule has 0 aliphatic carbocycles. The molecule has 2 nitrogen and oxygen atoms in total. The predicted octanol–water partition coefficient (Wildman–Crippen LogP) is 3.08. The van der Waals surface area contributed by atoms with Crippen LogP contribution in [0.15, 0.2) is 30.3 Å². The van der Waals surface area contributed by atoms with Gasteiger partial charge in [0.25, 0.3) is 0 Å². The number of benzene rings is 1. The lowest BCUT2D eigenvalue weighted by Crippen LogP contribution is -2.25. The van der Waals surface area contributed by atoms with E-state index >= 15 is 0 Å². The van der Waals surface area contributed by atoms with E-state index in [1.54, 1.807) is 0 Å². The minimum absolute atomic E-state index is 0.0889. The van der Waals surface area contributed by atoms with E-state index in [1.165, 1.54) is 0 Å². The SMILES string of the molecule is CCCCC(=O)[C@@H](C)[C@@H](N)c1ccccc1. The monoisotopic (exact) mass is 219 g/mol. The highest BCUT2D eigenvalue weighted by molar-refractivity contribution is 5.81. The van der Waals surface area contributed by atoms with E-state index in [4.69, 9.17) is 5.73 Å². The molecule has 0 amide bonds. The number of Topliss-reactive ketones (excluding diaryl/α,β-unsaturated/α-hetero) is 1. The maximum Gasteiger partial charge on any atom is 0.137 e. The second kappa shape index (κ2) is 6.44. The number of unbranched alkanes of at least 4 members (excludes halogenated alkanes) is 1. The summed E-state index contributed by atoms with van der Waals surface area (Å²) in [5.41, 5.74) is 7.13. The van der Waals surface area contributed by atoms with Gasteiger partial charge in [-0.15, -0.1) is 0 Å². The van der Waals surface area contributed by atoms with Crippen LogP contribution in [0.3, 0.4) is 0 Å². The molecule has 88 valence electrons. The Kier molecular flexibility index (Phi) is 5.20. The smallest absolute Gasteiger partial charge is 0.137 e. The molecule has 0 fully saturated rings. The van der Waals surface area contributed by atoms with Gasteiger partial charge in [-0.3, -0.25) is 4.79 Å². The topological polar surface area (TPSA) is 43.1 Å². The highest BCUT2D eigenvalue weighted by Crippen LogP contribution is 2.21. The van der Waals surface area contributed by atoms with Crippen LogP contribution < -0.4 is 5.73 Å². The Morgan fingerprint density at radius 2 is 1.94 bits per heavy atom. The molecule has 0 aromatic heterocycles. The molecule has 0 saturated heterocycles. The fraction of sp³-hybridized carbons (Fsp3) is 0.500. The Balaban J connectivity index is 2.60. The lowest BCUT2D eigenvalue weighted by Gasteiger charge is -2.19. The first-order valence-electron chi connectivity index (χ1n) is 6.00. The number of hydrogen-bond donors (Lipinski definition) is 1. The number of rotatable bonds is 6. The van der Waals surface area contributed by atoms with Crippen LogP contribution in [-0.4, -0.2) is 5.78 Å². The van der Waals surface area contributed by atoms with Crippen molar-refractivity contribution >= 4 is 5.78 Å². The molecule has 16 heavy (non-hydrogen) atoms. The molecule has 2 N–H and O–H groups in total. The van der Waals surface area contributed by atoms with E-state index in [9.17, 15) is 4.79 Å². The van der Waals surface area contributed by atoms with Gasteiger partial charge < -0.3 is 5.73 Å². The molecule has 0 unspecified atom stereocenters. The lowest BCUT2D eigenvalue weighted by atomic mass is 9.90. The van der Waals surface area contributed by atoms with E-state index in [-0.39, 0.29) is 17.7 Å². The minimum atomic E-state index is -0.175. The Hall–Kier alpha value is -1.15. The zero-order valence-corrected chi connectivity index (χ0v) is 10.1. The predicted molar refractivity (Wildman–Crippen MR) is 67.1 cm³/mol. The number of nitrogens with two attached hydrogens (primary N) is 1. The minimum Gasteiger partial charge on any atom is -0.323 e. The molecule has 1 rings (SSSR count). The molecule has 2 heteroatoms. The van der Waals surface area contributed by atoms with Gasteiger partial charge in [-0.25, -0.2) is 0 Å². The van der Waals surface area contributed by atoms with E-state index in [0.717, 1.165) is 18.4 Å².